The van der Waals surface area contributed by atoms with Gasteiger partial charge < -0.3 is 16.4 Å². The van der Waals surface area contributed by atoms with Crippen LogP contribution in [-0.4, -0.2) is 25.7 Å². The maximum atomic E-state index is 10.9. The van der Waals surface area contributed by atoms with E-state index in [1.54, 1.807) is 0 Å². The molecule has 0 radical (unpaired) electrons. The van der Waals surface area contributed by atoms with Crippen molar-refractivity contribution in [2.45, 2.75) is 51.5 Å². The second-order valence-electron chi connectivity index (χ2n) is 5.34. The summed E-state index contributed by atoms with van der Waals surface area (Å²) in [5.74, 6) is 0. The van der Waals surface area contributed by atoms with Crippen molar-refractivity contribution < 1.29 is 4.79 Å². The molecule has 0 heterocycles. The zero-order chi connectivity index (χ0) is 12.0. The lowest BCUT2D eigenvalue weighted by molar-refractivity contribution is 0.174. The zero-order valence-electron chi connectivity index (χ0n) is 10.5. The summed E-state index contributed by atoms with van der Waals surface area (Å²) in [6.07, 6.45) is 7.56. The number of urea groups is 1. The molecule has 4 N–H and O–H groups in total. The predicted molar refractivity (Wildman–Crippen MR) is 66.2 cm³/mol. The van der Waals surface area contributed by atoms with Crippen LogP contribution < -0.4 is 16.4 Å². The fourth-order valence-electron chi connectivity index (χ4n) is 2.83. The number of hydrogen-bond donors (Lipinski definition) is 3. The highest BCUT2D eigenvalue weighted by Crippen LogP contribution is 2.39. The van der Waals surface area contributed by atoms with Crippen LogP contribution in [0.2, 0.25) is 0 Å². The van der Waals surface area contributed by atoms with Crippen LogP contribution >= 0.6 is 0 Å². The molecule has 0 bridgehead atoms. The minimum absolute atomic E-state index is 0.158. The molecule has 1 aliphatic rings. The van der Waals surface area contributed by atoms with Crippen LogP contribution in [-0.2, 0) is 0 Å². The summed E-state index contributed by atoms with van der Waals surface area (Å²) >= 11 is 0. The van der Waals surface area contributed by atoms with Gasteiger partial charge in [0.1, 0.15) is 0 Å². The van der Waals surface area contributed by atoms with Crippen LogP contribution in [0.25, 0.3) is 0 Å². The zero-order valence-corrected chi connectivity index (χ0v) is 10.5. The molecule has 1 saturated carbocycles. The summed E-state index contributed by atoms with van der Waals surface area (Å²) in [5, 5.41) is 5.94. The number of nitrogens with two attached hydrogens (primary N) is 1. The van der Waals surface area contributed by atoms with Crippen molar-refractivity contribution in [2.24, 2.45) is 11.1 Å². The Hall–Kier alpha value is -0.770. The topological polar surface area (TPSA) is 67.2 Å². The third-order valence-corrected chi connectivity index (χ3v) is 3.60. The highest BCUT2D eigenvalue weighted by Gasteiger charge is 2.29. The van der Waals surface area contributed by atoms with Gasteiger partial charge in [0.25, 0.3) is 0 Å². The lowest BCUT2D eigenvalue weighted by atomic mass is 9.72. The van der Waals surface area contributed by atoms with Gasteiger partial charge in [-0.25, -0.2) is 4.79 Å². The van der Waals surface area contributed by atoms with E-state index < -0.39 is 6.03 Å². The van der Waals surface area contributed by atoms with Crippen molar-refractivity contribution in [3.8, 4) is 0 Å². The van der Waals surface area contributed by atoms with Crippen molar-refractivity contribution in [2.75, 3.05) is 13.6 Å². The summed E-state index contributed by atoms with van der Waals surface area (Å²) < 4.78 is 0. The smallest absolute Gasteiger partial charge is 0.312 e. The Bertz CT molecular complexity index is 224. The first-order valence-corrected chi connectivity index (χ1v) is 6.26. The van der Waals surface area contributed by atoms with E-state index in [0.717, 1.165) is 13.0 Å². The molecule has 1 fully saturated rings. The highest BCUT2D eigenvalue weighted by atomic mass is 16.2. The second kappa shape index (κ2) is 6.09. The van der Waals surface area contributed by atoms with Gasteiger partial charge in [-0.05, 0) is 31.7 Å². The first kappa shape index (κ1) is 13.3. The van der Waals surface area contributed by atoms with Gasteiger partial charge in [0.05, 0.1) is 0 Å². The molecule has 4 nitrogen and oxygen atoms in total. The van der Waals surface area contributed by atoms with E-state index in [4.69, 9.17) is 5.73 Å². The summed E-state index contributed by atoms with van der Waals surface area (Å²) in [5.41, 5.74) is 5.57. The van der Waals surface area contributed by atoms with E-state index in [2.05, 4.69) is 17.6 Å². The molecule has 0 unspecified atom stereocenters. The number of nitrogens with one attached hydrogen (secondary N) is 2. The number of likely N-dealkylation sites (N-methyl/N-ethyl adjacent to an activating group) is 1. The molecule has 16 heavy (non-hydrogen) atoms. The first-order chi connectivity index (χ1) is 7.56. The van der Waals surface area contributed by atoms with Gasteiger partial charge in [-0.3, -0.25) is 0 Å². The van der Waals surface area contributed by atoms with E-state index in [9.17, 15) is 4.79 Å². The number of amides is 2. The van der Waals surface area contributed by atoms with E-state index in [1.165, 1.54) is 32.1 Å². The minimum Gasteiger partial charge on any atom is -0.352 e. The third-order valence-electron chi connectivity index (χ3n) is 3.60. The van der Waals surface area contributed by atoms with E-state index in [0.29, 0.717) is 5.41 Å². The lowest BCUT2D eigenvalue weighted by Crippen LogP contribution is -2.46. The number of carbonyl (C=O) groups is 1. The SMILES string of the molecule is CNC[C@@H](CC1(C)CCCCC1)NC(N)=O. The van der Waals surface area contributed by atoms with Crippen molar-refractivity contribution in [3.05, 3.63) is 0 Å². The Labute approximate surface area is 98.3 Å². The quantitative estimate of drug-likeness (QED) is 0.668. The van der Waals surface area contributed by atoms with E-state index >= 15 is 0 Å². The molecule has 0 spiro atoms. The van der Waals surface area contributed by atoms with Gasteiger partial charge in [0.15, 0.2) is 0 Å². The molecule has 1 aliphatic carbocycles. The van der Waals surface area contributed by atoms with Gasteiger partial charge in [0, 0.05) is 12.6 Å². The Kier molecular flexibility index (Phi) is 5.06. The van der Waals surface area contributed by atoms with Gasteiger partial charge in [-0.2, -0.15) is 0 Å². The molecule has 4 heteroatoms. The van der Waals surface area contributed by atoms with Gasteiger partial charge in [-0.15, -0.1) is 0 Å². The standard InChI is InChI=1S/C12H25N3O/c1-12(6-4-3-5-7-12)8-10(9-14-2)15-11(13)16/h10,14H,3-9H2,1-2H3,(H3,13,15,16)/t10-/m1/s1. The molecule has 0 aromatic carbocycles. The van der Waals surface area contributed by atoms with Crippen molar-refractivity contribution in [3.63, 3.8) is 0 Å². The van der Waals surface area contributed by atoms with Gasteiger partial charge in [0.2, 0.25) is 0 Å². The third kappa shape index (κ3) is 4.39. The summed E-state index contributed by atoms with van der Waals surface area (Å²) in [4.78, 5) is 10.9. The number of rotatable bonds is 5. The Morgan fingerprint density at radius 2 is 2.00 bits per heavy atom. The van der Waals surface area contributed by atoms with Gasteiger partial charge >= 0.3 is 6.03 Å². The summed E-state index contributed by atoms with van der Waals surface area (Å²) in [6.45, 7) is 3.12. The normalized spacial score (nSPS) is 21.4. The average Bonchev–Trinajstić information content (AvgIpc) is 2.17. The average molecular weight is 227 g/mol. The largest absolute Gasteiger partial charge is 0.352 e. The van der Waals surface area contributed by atoms with Crippen LogP contribution in [0.3, 0.4) is 0 Å². The Morgan fingerprint density at radius 1 is 1.38 bits per heavy atom. The molecule has 0 aromatic heterocycles. The van der Waals surface area contributed by atoms with Crippen molar-refractivity contribution in [1.82, 2.24) is 10.6 Å². The van der Waals surface area contributed by atoms with Crippen LogP contribution in [0.4, 0.5) is 4.79 Å². The molecule has 0 saturated heterocycles. The predicted octanol–water partition coefficient (Wildman–Crippen LogP) is 1.60. The first-order valence-electron chi connectivity index (χ1n) is 6.26. The molecule has 2 amide bonds. The Morgan fingerprint density at radius 3 is 2.50 bits per heavy atom. The lowest BCUT2D eigenvalue weighted by Gasteiger charge is -2.36. The molecular formula is C12H25N3O. The molecule has 0 aliphatic heterocycles. The molecule has 1 rings (SSSR count). The molecule has 94 valence electrons. The monoisotopic (exact) mass is 227 g/mol. The summed E-state index contributed by atoms with van der Waals surface area (Å²) in [7, 11) is 1.90. The Balaban J connectivity index is 2.48. The number of primary amides is 1. The van der Waals surface area contributed by atoms with Crippen LogP contribution in [0.15, 0.2) is 0 Å². The van der Waals surface area contributed by atoms with Crippen molar-refractivity contribution in [1.29, 1.82) is 0 Å². The molecule has 0 aromatic rings. The van der Waals surface area contributed by atoms with Crippen LogP contribution in [0, 0.1) is 5.41 Å². The van der Waals surface area contributed by atoms with Gasteiger partial charge in [-0.1, -0.05) is 26.2 Å². The number of hydrogen-bond acceptors (Lipinski definition) is 2. The van der Waals surface area contributed by atoms with Crippen molar-refractivity contribution >= 4 is 6.03 Å². The van der Waals surface area contributed by atoms with E-state index in [1.807, 2.05) is 7.05 Å². The fourth-order valence-corrected chi connectivity index (χ4v) is 2.83. The van der Waals surface area contributed by atoms with E-state index in [-0.39, 0.29) is 6.04 Å². The fraction of sp³-hybridized carbons (Fsp3) is 0.917. The maximum absolute atomic E-state index is 10.9. The maximum Gasteiger partial charge on any atom is 0.312 e. The van der Waals surface area contributed by atoms with Crippen LogP contribution in [0.5, 0.6) is 0 Å². The minimum atomic E-state index is -0.417. The number of carbonyl (C=O) groups excluding carboxylic acids is 1. The molecular weight excluding hydrogens is 202 g/mol. The van der Waals surface area contributed by atoms with Crippen LogP contribution in [0.1, 0.15) is 45.4 Å². The molecule has 1 atom stereocenters. The second-order valence-corrected chi connectivity index (χ2v) is 5.34. The summed E-state index contributed by atoms with van der Waals surface area (Å²) in [6, 6.07) is -0.259. The highest BCUT2D eigenvalue weighted by molar-refractivity contribution is 5.71.